The van der Waals surface area contributed by atoms with Gasteiger partial charge in [-0.2, -0.15) is 0 Å². The number of hydrogen-bond donors (Lipinski definition) is 2. The monoisotopic (exact) mass is 268 g/mol. The van der Waals surface area contributed by atoms with Gasteiger partial charge in [0.1, 0.15) is 0 Å². The maximum absolute atomic E-state index is 12.2. The lowest BCUT2D eigenvalue weighted by molar-refractivity contribution is 0.0903. The zero-order valence-corrected chi connectivity index (χ0v) is 11.8. The Morgan fingerprint density at radius 2 is 1.83 bits per heavy atom. The van der Waals surface area contributed by atoms with Crippen LogP contribution in [0.3, 0.4) is 0 Å². The van der Waals surface area contributed by atoms with E-state index in [4.69, 9.17) is 5.73 Å². The van der Waals surface area contributed by atoms with Crippen LogP contribution in [0.1, 0.15) is 25.8 Å². The smallest absolute Gasteiger partial charge is 0.240 e. The van der Waals surface area contributed by atoms with Crippen molar-refractivity contribution in [3.63, 3.8) is 0 Å². The Labute approximate surface area is 109 Å². The number of benzene rings is 1. The topological polar surface area (TPSA) is 72.2 Å². The highest BCUT2D eigenvalue weighted by Gasteiger charge is 2.47. The molecule has 1 aliphatic rings. The Balaban J connectivity index is 2.16. The van der Waals surface area contributed by atoms with E-state index in [1.807, 2.05) is 20.8 Å². The second kappa shape index (κ2) is 4.33. The molecule has 100 valence electrons. The number of rotatable bonds is 3. The molecule has 0 bridgehead atoms. The molecular formula is C13H20N2O2S. The third-order valence-corrected chi connectivity index (χ3v) is 5.46. The fourth-order valence-corrected chi connectivity index (χ4v) is 3.54. The third-order valence-electron chi connectivity index (χ3n) is 3.97. The molecule has 2 rings (SSSR count). The molecule has 18 heavy (non-hydrogen) atoms. The number of aryl methyl sites for hydroxylation is 1. The van der Waals surface area contributed by atoms with Crippen molar-refractivity contribution in [2.45, 2.75) is 44.2 Å². The first-order chi connectivity index (χ1) is 8.23. The summed E-state index contributed by atoms with van der Waals surface area (Å²) in [4.78, 5) is 0.310. The van der Waals surface area contributed by atoms with Crippen molar-refractivity contribution in [1.29, 1.82) is 0 Å². The van der Waals surface area contributed by atoms with Crippen molar-refractivity contribution < 1.29 is 8.42 Å². The Morgan fingerprint density at radius 3 is 2.28 bits per heavy atom. The van der Waals surface area contributed by atoms with E-state index < -0.39 is 10.0 Å². The summed E-state index contributed by atoms with van der Waals surface area (Å²) in [6.45, 7) is 5.91. The first kappa shape index (κ1) is 13.5. The van der Waals surface area contributed by atoms with Crippen LogP contribution in [0.4, 0.5) is 0 Å². The molecule has 0 aliphatic heterocycles. The SMILES string of the molecule is Cc1ccc(S(=O)(=O)NC2CC(N)C2(C)C)cc1. The van der Waals surface area contributed by atoms with Crippen molar-refractivity contribution in [1.82, 2.24) is 4.72 Å². The minimum absolute atomic E-state index is 0.0585. The van der Waals surface area contributed by atoms with E-state index in [0.29, 0.717) is 11.3 Å². The fourth-order valence-electron chi connectivity index (χ4n) is 2.13. The normalized spacial score (nSPS) is 26.7. The molecule has 3 N–H and O–H groups in total. The number of nitrogens with two attached hydrogens (primary N) is 1. The highest BCUT2D eigenvalue weighted by Crippen LogP contribution is 2.39. The second-order valence-electron chi connectivity index (χ2n) is 5.65. The molecule has 1 aromatic carbocycles. The zero-order valence-electron chi connectivity index (χ0n) is 11.0. The van der Waals surface area contributed by atoms with Gasteiger partial charge < -0.3 is 5.73 Å². The lowest BCUT2D eigenvalue weighted by Gasteiger charge is -2.50. The Morgan fingerprint density at radius 1 is 1.28 bits per heavy atom. The van der Waals surface area contributed by atoms with Crippen LogP contribution in [0.15, 0.2) is 29.2 Å². The summed E-state index contributed by atoms with van der Waals surface area (Å²) in [5.41, 5.74) is 6.75. The summed E-state index contributed by atoms with van der Waals surface area (Å²) in [6, 6.07) is 6.83. The summed E-state index contributed by atoms with van der Waals surface area (Å²) in [5, 5.41) is 0. The van der Waals surface area contributed by atoms with E-state index in [9.17, 15) is 8.42 Å². The Kier molecular flexibility index (Phi) is 3.25. The maximum atomic E-state index is 12.2. The van der Waals surface area contributed by atoms with Crippen molar-refractivity contribution >= 4 is 10.0 Å². The van der Waals surface area contributed by atoms with E-state index in [1.165, 1.54) is 0 Å². The fraction of sp³-hybridized carbons (Fsp3) is 0.538. The molecule has 1 saturated carbocycles. The molecule has 0 saturated heterocycles. The third kappa shape index (κ3) is 2.30. The van der Waals surface area contributed by atoms with Crippen LogP contribution in [0.25, 0.3) is 0 Å². The zero-order chi connectivity index (χ0) is 13.6. The van der Waals surface area contributed by atoms with Crippen LogP contribution in [0.5, 0.6) is 0 Å². The van der Waals surface area contributed by atoms with Crippen molar-refractivity contribution in [2.75, 3.05) is 0 Å². The quantitative estimate of drug-likeness (QED) is 0.870. The van der Waals surface area contributed by atoms with Crippen LogP contribution in [0.2, 0.25) is 0 Å². The largest absolute Gasteiger partial charge is 0.327 e. The van der Waals surface area contributed by atoms with Gasteiger partial charge in [0.15, 0.2) is 0 Å². The standard InChI is InChI=1S/C13H20N2O2S/c1-9-4-6-10(7-5-9)18(16,17)15-12-8-11(14)13(12,2)3/h4-7,11-12,15H,8,14H2,1-3H3. The van der Waals surface area contributed by atoms with Crippen LogP contribution in [-0.4, -0.2) is 20.5 Å². The van der Waals surface area contributed by atoms with E-state index in [1.54, 1.807) is 24.3 Å². The molecule has 0 aromatic heterocycles. The first-order valence-corrected chi connectivity index (χ1v) is 7.56. The molecule has 1 aromatic rings. The maximum Gasteiger partial charge on any atom is 0.240 e. The lowest BCUT2D eigenvalue weighted by Crippen LogP contribution is -2.64. The van der Waals surface area contributed by atoms with Gasteiger partial charge in [-0.15, -0.1) is 0 Å². The van der Waals surface area contributed by atoms with Crippen LogP contribution in [0, 0.1) is 12.3 Å². The van der Waals surface area contributed by atoms with Gasteiger partial charge >= 0.3 is 0 Å². The minimum Gasteiger partial charge on any atom is -0.327 e. The van der Waals surface area contributed by atoms with Crippen LogP contribution in [-0.2, 0) is 10.0 Å². The van der Waals surface area contributed by atoms with Gasteiger partial charge in [-0.1, -0.05) is 31.5 Å². The van der Waals surface area contributed by atoms with Gasteiger partial charge in [0.05, 0.1) is 4.90 Å². The molecule has 0 heterocycles. The van der Waals surface area contributed by atoms with Gasteiger partial charge in [0.25, 0.3) is 0 Å². The number of hydrogen-bond acceptors (Lipinski definition) is 3. The Hall–Kier alpha value is -0.910. The van der Waals surface area contributed by atoms with Gasteiger partial charge in [-0.3, -0.25) is 0 Å². The molecule has 2 unspecified atom stereocenters. The van der Waals surface area contributed by atoms with E-state index in [0.717, 1.165) is 5.56 Å². The summed E-state index contributed by atoms with van der Waals surface area (Å²) in [7, 11) is -3.44. The minimum atomic E-state index is -3.44. The predicted octanol–water partition coefficient (Wildman–Crippen LogP) is 1.40. The van der Waals surface area contributed by atoms with E-state index in [-0.39, 0.29) is 17.5 Å². The van der Waals surface area contributed by atoms with Crippen LogP contribution >= 0.6 is 0 Å². The molecule has 1 aliphatic carbocycles. The van der Waals surface area contributed by atoms with Gasteiger partial charge in [0, 0.05) is 12.1 Å². The molecular weight excluding hydrogens is 248 g/mol. The highest BCUT2D eigenvalue weighted by molar-refractivity contribution is 7.89. The van der Waals surface area contributed by atoms with Crippen LogP contribution < -0.4 is 10.5 Å². The average Bonchev–Trinajstić information content (AvgIpc) is 2.29. The molecule has 4 nitrogen and oxygen atoms in total. The van der Waals surface area contributed by atoms with E-state index in [2.05, 4.69) is 4.72 Å². The molecule has 2 atom stereocenters. The molecule has 1 fully saturated rings. The summed E-state index contributed by atoms with van der Waals surface area (Å²) in [6.07, 6.45) is 0.693. The molecule has 0 amide bonds. The predicted molar refractivity (Wildman–Crippen MR) is 71.7 cm³/mol. The van der Waals surface area contributed by atoms with Crippen molar-refractivity contribution in [2.24, 2.45) is 11.1 Å². The average molecular weight is 268 g/mol. The van der Waals surface area contributed by atoms with Crippen molar-refractivity contribution in [3.05, 3.63) is 29.8 Å². The molecule has 0 spiro atoms. The van der Waals surface area contributed by atoms with E-state index >= 15 is 0 Å². The molecule has 5 heteroatoms. The lowest BCUT2D eigenvalue weighted by atomic mass is 9.64. The summed E-state index contributed by atoms with van der Waals surface area (Å²) >= 11 is 0. The van der Waals surface area contributed by atoms with Gasteiger partial charge in [-0.05, 0) is 30.9 Å². The van der Waals surface area contributed by atoms with Crippen molar-refractivity contribution in [3.8, 4) is 0 Å². The summed E-state index contributed by atoms with van der Waals surface area (Å²) in [5.74, 6) is 0. The summed E-state index contributed by atoms with van der Waals surface area (Å²) < 4.78 is 27.1. The molecule has 0 radical (unpaired) electrons. The van der Waals surface area contributed by atoms with Gasteiger partial charge in [-0.25, -0.2) is 13.1 Å². The second-order valence-corrected chi connectivity index (χ2v) is 7.36. The van der Waals surface area contributed by atoms with Gasteiger partial charge in [0.2, 0.25) is 10.0 Å². The number of nitrogens with one attached hydrogen (secondary N) is 1. The first-order valence-electron chi connectivity index (χ1n) is 6.08. The highest BCUT2D eigenvalue weighted by atomic mass is 32.2. The number of sulfonamides is 1. The Bertz CT molecular complexity index is 535.